The number of aryl methyl sites for hydroxylation is 2. The van der Waals surface area contributed by atoms with Gasteiger partial charge in [-0.15, -0.1) is 11.3 Å². The summed E-state index contributed by atoms with van der Waals surface area (Å²) in [6.45, 7) is 6.05. The minimum Gasteiger partial charge on any atom is -0.353 e. The minimum atomic E-state index is -0.378. The average molecular weight is 549 g/mol. The third kappa shape index (κ3) is 5.85. The standard InChI is InChI=1S/C29H33FN6O2S/c1-16(2)28-23-9-19(10-24(30)27(23)35-36(28)4)22-12-25(31-13-17(22)3)34-29(38)18-6-5-7-20(8-18)33-26(37)11-21-14-39-15-32-21/h9-10,12-16,18,20H,5-8,11H2,1-4H3,(H,33,37)(H,31,34,38)/t18-,20+/m0/s1. The fraction of sp³-hybridized carbons (Fsp3) is 0.414. The number of hydrogen-bond acceptors (Lipinski definition) is 6. The number of carbonyl (C=O) groups excluding carboxylic acids is 2. The summed E-state index contributed by atoms with van der Waals surface area (Å²) >= 11 is 1.46. The van der Waals surface area contributed by atoms with Crippen LogP contribution in [0.15, 0.2) is 35.3 Å². The van der Waals surface area contributed by atoms with E-state index in [-0.39, 0.29) is 41.9 Å². The van der Waals surface area contributed by atoms with Gasteiger partial charge >= 0.3 is 0 Å². The first-order valence-electron chi connectivity index (χ1n) is 13.3. The summed E-state index contributed by atoms with van der Waals surface area (Å²) < 4.78 is 16.9. The molecule has 2 N–H and O–H groups in total. The topological polar surface area (TPSA) is 102 Å². The van der Waals surface area contributed by atoms with Gasteiger partial charge in [0.05, 0.1) is 17.6 Å². The molecule has 0 aliphatic heterocycles. The molecule has 1 aromatic carbocycles. The zero-order valence-electron chi connectivity index (χ0n) is 22.6. The molecule has 39 heavy (non-hydrogen) atoms. The van der Waals surface area contributed by atoms with Crippen LogP contribution in [0, 0.1) is 18.7 Å². The third-order valence-electron chi connectivity index (χ3n) is 7.39. The lowest BCUT2D eigenvalue weighted by molar-refractivity contribution is -0.124. The Balaban J connectivity index is 1.31. The molecule has 1 fully saturated rings. The van der Waals surface area contributed by atoms with Gasteiger partial charge in [0.15, 0.2) is 5.82 Å². The smallest absolute Gasteiger partial charge is 0.228 e. The van der Waals surface area contributed by atoms with E-state index in [9.17, 15) is 9.59 Å². The number of rotatable bonds is 7. The molecule has 204 valence electrons. The maximum atomic E-state index is 15.1. The molecule has 10 heteroatoms. The normalized spacial score (nSPS) is 17.5. The Morgan fingerprint density at radius 3 is 2.77 bits per heavy atom. The second kappa shape index (κ2) is 11.2. The Hall–Kier alpha value is -3.66. The average Bonchev–Trinajstić information content (AvgIpc) is 3.52. The molecule has 3 aromatic heterocycles. The second-order valence-electron chi connectivity index (χ2n) is 10.7. The molecule has 1 aliphatic rings. The van der Waals surface area contributed by atoms with Gasteiger partial charge in [-0.05, 0) is 67.0 Å². The Bertz CT molecular complexity index is 1510. The lowest BCUT2D eigenvalue weighted by Gasteiger charge is -2.29. The van der Waals surface area contributed by atoms with E-state index in [1.54, 1.807) is 22.5 Å². The molecule has 0 bridgehead atoms. The van der Waals surface area contributed by atoms with Crippen LogP contribution in [-0.2, 0) is 23.1 Å². The first kappa shape index (κ1) is 26.9. The van der Waals surface area contributed by atoms with Crippen LogP contribution < -0.4 is 10.6 Å². The van der Waals surface area contributed by atoms with Crippen molar-refractivity contribution in [2.45, 2.75) is 64.8 Å². The zero-order valence-corrected chi connectivity index (χ0v) is 23.4. The van der Waals surface area contributed by atoms with Crippen LogP contribution >= 0.6 is 11.3 Å². The van der Waals surface area contributed by atoms with E-state index in [0.29, 0.717) is 23.3 Å². The van der Waals surface area contributed by atoms with Crippen LogP contribution in [0.25, 0.3) is 22.0 Å². The highest BCUT2D eigenvalue weighted by molar-refractivity contribution is 7.07. The van der Waals surface area contributed by atoms with Gasteiger partial charge < -0.3 is 10.6 Å². The van der Waals surface area contributed by atoms with Crippen molar-refractivity contribution in [1.29, 1.82) is 0 Å². The van der Waals surface area contributed by atoms with Crippen LogP contribution in [0.4, 0.5) is 10.2 Å². The van der Waals surface area contributed by atoms with E-state index in [2.05, 4.69) is 39.5 Å². The van der Waals surface area contributed by atoms with Crippen LogP contribution in [0.5, 0.6) is 0 Å². The SMILES string of the molecule is Cc1cnc(NC(=O)[C@H]2CCC[C@@H](NC(=O)Cc3cscn3)C2)cc1-c1cc(F)c2nn(C)c(C(C)C)c2c1. The van der Waals surface area contributed by atoms with Gasteiger partial charge in [0.25, 0.3) is 0 Å². The quantitative estimate of drug-likeness (QED) is 0.317. The molecule has 3 heterocycles. The summed E-state index contributed by atoms with van der Waals surface area (Å²) in [7, 11) is 1.84. The largest absolute Gasteiger partial charge is 0.353 e. The number of nitrogens with zero attached hydrogens (tertiary/aromatic N) is 4. The van der Waals surface area contributed by atoms with Gasteiger partial charge in [0.1, 0.15) is 11.3 Å². The van der Waals surface area contributed by atoms with E-state index in [0.717, 1.165) is 47.2 Å². The third-order valence-corrected chi connectivity index (χ3v) is 8.02. The summed E-state index contributed by atoms with van der Waals surface area (Å²) in [4.78, 5) is 34.2. The maximum absolute atomic E-state index is 15.1. The molecule has 0 spiro atoms. The molecule has 2 atom stereocenters. The van der Waals surface area contributed by atoms with Crippen LogP contribution in [-0.4, -0.2) is 37.6 Å². The molecule has 0 saturated heterocycles. The summed E-state index contributed by atoms with van der Waals surface area (Å²) in [5, 5.41) is 13.1. The molecule has 0 unspecified atom stereocenters. The number of benzene rings is 1. The molecule has 4 aromatic rings. The van der Waals surface area contributed by atoms with Crippen molar-refractivity contribution < 1.29 is 14.0 Å². The Kier molecular flexibility index (Phi) is 7.74. The highest BCUT2D eigenvalue weighted by atomic mass is 32.1. The van der Waals surface area contributed by atoms with Crippen molar-refractivity contribution in [1.82, 2.24) is 25.1 Å². The van der Waals surface area contributed by atoms with E-state index in [1.807, 2.05) is 25.4 Å². The van der Waals surface area contributed by atoms with Gasteiger partial charge in [-0.1, -0.05) is 20.3 Å². The van der Waals surface area contributed by atoms with Crippen molar-refractivity contribution in [2.24, 2.45) is 13.0 Å². The molecule has 1 aliphatic carbocycles. The Morgan fingerprint density at radius 2 is 2.03 bits per heavy atom. The van der Waals surface area contributed by atoms with Crippen molar-refractivity contribution in [2.75, 3.05) is 5.32 Å². The van der Waals surface area contributed by atoms with Crippen molar-refractivity contribution in [3.63, 3.8) is 0 Å². The van der Waals surface area contributed by atoms with Gasteiger partial charge in [0.2, 0.25) is 11.8 Å². The number of nitrogens with one attached hydrogen (secondary N) is 2. The van der Waals surface area contributed by atoms with Crippen LogP contribution in [0.1, 0.15) is 62.4 Å². The fourth-order valence-corrected chi connectivity index (χ4v) is 6.13. The number of halogens is 1. The molecular weight excluding hydrogens is 515 g/mol. The minimum absolute atomic E-state index is 0.0495. The van der Waals surface area contributed by atoms with E-state index in [4.69, 9.17) is 0 Å². The predicted octanol–water partition coefficient (Wildman–Crippen LogP) is 5.52. The molecule has 8 nitrogen and oxygen atoms in total. The summed E-state index contributed by atoms with van der Waals surface area (Å²) in [5.41, 5.74) is 6.19. The number of amides is 2. The number of anilines is 1. The number of aromatic nitrogens is 4. The Morgan fingerprint density at radius 1 is 1.21 bits per heavy atom. The molecule has 2 amide bonds. The molecule has 1 saturated carbocycles. The molecule has 5 rings (SSSR count). The molecule has 0 radical (unpaired) electrons. The highest BCUT2D eigenvalue weighted by Crippen LogP contribution is 2.34. The van der Waals surface area contributed by atoms with Crippen molar-refractivity contribution >= 4 is 39.9 Å². The van der Waals surface area contributed by atoms with E-state index < -0.39 is 0 Å². The Labute approximate surface area is 231 Å². The van der Waals surface area contributed by atoms with E-state index in [1.165, 1.54) is 17.4 Å². The lowest BCUT2D eigenvalue weighted by Crippen LogP contribution is -2.41. The lowest BCUT2D eigenvalue weighted by atomic mass is 9.85. The van der Waals surface area contributed by atoms with Gasteiger partial charge in [0, 0.05) is 41.7 Å². The molecular formula is C29H33FN6O2S. The fourth-order valence-electron chi connectivity index (χ4n) is 5.57. The number of thiazole rings is 1. The maximum Gasteiger partial charge on any atom is 0.228 e. The zero-order chi connectivity index (χ0) is 27.7. The summed E-state index contributed by atoms with van der Waals surface area (Å²) in [5.74, 6) is -0.197. The highest BCUT2D eigenvalue weighted by Gasteiger charge is 2.29. The number of carbonyl (C=O) groups is 2. The van der Waals surface area contributed by atoms with Crippen LogP contribution in [0.2, 0.25) is 0 Å². The van der Waals surface area contributed by atoms with Gasteiger partial charge in [-0.25, -0.2) is 14.4 Å². The van der Waals surface area contributed by atoms with Crippen molar-refractivity contribution in [3.05, 3.63) is 58.1 Å². The van der Waals surface area contributed by atoms with Crippen molar-refractivity contribution in [3.8, 4) is 11.1 Å². The van der Waals surface area contributed by atoms with E-state index >= 15 is 4.39 Å². The first-order valence-corrected chi connectivity index (χ1v) is 14.2. The first-order chi connectivity index (χ1) is 18.7. The summed E-state index contributed by atoms with van der Waals surface area (Å²) in [6.07, 6.45) is 4.98. The van der Waals surface area contributed by atoms with Gasteiger partial charge in [-0.2, -0.15) is 5.10 Å². The predicted molar refractivity (Wildman–Crippen MR) is 151 cm³/mol. The number of hydrogen-bond donors (Lipinski definition) is 2. The summed E-state index contributed by atoms with van der Waals surface area (Å²) in [6, 6.07) is 5.21. The van der Waals surface area contributed by atoms with Crippen LogP contribution in [0.3, 0.4) is 0 Å². The number of fused-ring (bicyclic) bond motifs is 1. The monoisotopic (exact) mass is 548 g/mol. The second-order valence-corrected chi connectivity index (χ2v) is 11.4. The number of pyridine rings is 1. The van der Waals surface area contributed by atoms with Gasteiger partial charge in [-0.3, -0.25) is 14.3 Å².